The molecule has 0 saturated carbocycles. The molecule has 2 nitrogen and oxygen atoms in total. The largest absolute Gasteiger partial charge is 0.236 e. The van der Waals surface area contributed by atoms with Crippen molar-refractivity contribution >= 4 is 11.6 Å². The van der Waals surface area contributed by atoms with Crippen molar-refractivity contribution in [2.24, 2.45) is 0 Å². The summed E-state index contributed by atoms with van der Waals surface area (Å²) in [7, 11) is 0. The molecule has 0 bridgehead atoms. The van der Waals surface area contributed by atoms with E-state index >= 15 is 0 Å². The highest BCUT2D eigenvalue weighted by atomic mass is 35.5. The molecule has 0 spiro atoms. The number of nitrogens with zero attached hydrogens (tertiary/aromatic N) is 2. The molecular formula is C16H19ClN2. The van der Waals surface area contributed by atoms with Gasteiger partial charge in [-0.25, -0.2) is 9.97 Å². The van der Waals surface area contributed by atoms with Gasteiger partial charge in [0.1, 0.15) is 0 Å². The second kappa shape index (κ2) is 6.16. The van der Waals surface area contributed by atoms with E-state index in [1.807, 2.05) is 6.20 Å². The van der Waals surface area contributed by atoms with Crippen molar-refractivity contribution in [2.75, 3.05) is 0 Å². The van der Waals surface area contributed by atoms with Crippen LogP contribution >= 0.6 is 11.6 Å². The van der Waals surface area contributed by atoms with Gasteiger partial charge in [0.2, 0.25) is 0 Å². The van der Waals surface area contributed by atoms with Crippen molar-refractivity contribution < 1.29 is 0 Å². The van der Waals surface area contributed by atoms with E-state index in [4.69, 9.17) is 11.6 Å². The predicted octanol–water partition coefficient (Wildman–Crippen LogP) is 4.57. The first-order valence-corrected chi connectivity index (χ1v) is 7.20. The van der Waals surface area contributed by atoms with E-state index in [0.29, 0.717) is 11.8 Å². The number of halogens is 1. The Hall–Kier alpha value is -1.41. The highest BCUT2D eigenvalue weighted by molar-refractivity contribution is 6.17. The van der Waals surface area contributed by atoms with Gasteiger partial charge < -0.3 is 0 Å². The summed E-state index contributed by atoms with van der Waals surface area (Å²) in [6, 6.07) is 8.46. The van der Waals surface area contributed by atoms with Crippen LogP contribution in [0.2, 0.25) is 0 Å². The van der Waals surface area contributed by atoms with Crippen LogP contribution in [0.25, 0.3) is 11.4 Å². The van der Waals surface area contributed by atoms with Crippen LogP contribution in [0.4, 0.5) is 0 Å². The minimum Gasteiger partial charge on any atom is -0.236 e. The molecule has 0 aliphatic rings. The average Bonchev–Trinajstić information content (AvgIpc) is 2.46. The van der Waals surface area contributed by atoms with Gasteiger partial charge in [-0.3, -0.25) is 0 Å². The first kappa shape index (κ1) is 14.0. The molecule has 0 atom stereocenters. The molecule has 0 fully saturated rings. The molecule has 0 aliphatic heterocycles. The molecule has 0 radical (unpaired) electrons. The molecule has 0 saturated heterocycles. The van der Waals surface area contributed by atoms with E-state index in [0.717, 1.165) is 29.1 Å². The van der Waals surface area contributed by atoms with Crippen LogP contribution in [0.3, 0.4) is 0 Å². The van der Waals surface area contributed by atoms with Crippen molar-refractivity contribution in [1.82, 2.24) is 9.97 Å². The molecule has 0 unspecified atom stereocenters. The second-order valence-corrected chi connectivity index (χ2v) is 5.20. The summed E-state index contributed by atoms with van der Waals surface area (Å²) in [6.07, 6.45) is 2.71. The Balaban J connectivity index is 2.36. The quantitative estimate of drug-likeness (QED) is 0.764. The third kappa shape index (κ3) is 3.13. The highest BCUT2D eigenvalue weighted by Gasteiger charge is 2.07. The zero-order valence-electron chi connectivity index (χ0n) is 11.7. The Labute approximate surface area is 119 Å². The summed E-state index contributed by atoms with van der Waals surface area (Å²) < 4.78 is 0. The van der Waals surface area contributed by atoms with E-state index in [-0.39, 0.29) is 0 Å². The van der Waals surface area contributed by atoms with Crippen LogP contribution in [0.5, 0.6) is 0 Å². The number of benzene rings is 1. The van der Waals surface area contributed by atoms with Crippen molar-refractivity contribution in [3.05, 3.63) is 47.3 Å². The third-order valence-electron chi connectivity index (χ3n) is 3.27. The van der Waals surface area contributed by atoms with Crippen LogP contribution in [0.15, 0.2) is 30.5 Å². The second-order valence-electron chi connectivity index (χ2n) is 4.93. The summed E-state index contributed by atoms with van der Waals surface area (Å²) in [5.41, 5.74) is 4.44. The lowest BCUT2D eigenvalue weighted by atomic mass is 10.0. The Bertz CT molecular complexity index is 547. The highest BCUT2D eigenvalue weighted by Crippen LogP contribution is 2.21. The van der Waals surface area contributed by atoms with E-state index in [9.17, 15) is 0 Å². The lowest BCUT2D eigenvalue weighted by Crippen LogP contribution is -1.99. The lowest BCUT2D eigenvalue weighted by Gasteiger charge is -2.08. The van der Waals surface area contributed by atoms with Gasteiger partial charge in [0.05, 0.1) is 5.88 Å². The van der Waals surface area contributed by atoms with Gasteiger partial charge in [-0.1, -0.05) is 45.0 Å². The molecule has 0 amide bonds. The number of alkyl halides is 1. The Morgan fingerprint density at radius 3 is 2.37 bits per heavy atom. The molecule has 19 heavy (non-hydrogen) atoms. The van der Waals surface area contributed by atoms with Crippen LogP contribution in [-0.4, -0.2) is 9.97 Å². The standard InChI is InChI=1S/C16H19ClN2/c1-4-15-14(9-17)10-18-16(19-15)13-7-5-12(6-8-13)11(2)3/h5-8,10-11H,4,9H2,1-3H3. The fourth-order valence-corrected chi connectivity index (χ4v) is 2.24. The van der Waals surface area contributed by atoms with Crippen molar-refractivity contribution in [3.8, 4) is 11.4 Å². The van der Waals surface area contributed by atoms with E-state index < -0.39 is 0 Å². The smallest absolute Gasteiger partial charge is 0.159 e. The summed E-state index contributed by atoms with van der Waals surface area (Å²) in [5, 5.41) is 0. The molecule has 1 aromatic carbocycles. The van der Waals surface area contributed by atoms with Crippen LogP contribution < -0.4 is 0 Å². The van der Waals surface area contributed by atoms with E-state index in [1.165, 1.54) is 5.56 Å². The molecule has 1 aromatic heterocycles. The van der Waals surface area contributed by atoms with Gasteiger partial charge >= 0.3 is 0 Å². The van der Waals surface area contributed by atoms with Gasteiger partial charge in [0.25, 0.3) is 0 Å². The molecule has 0 aliphatic carbocycles. The van der Waals surface area contributed by atoms with E-state index in [1.54, 1.807) is 0 Å². The zero-order chi connectivity index (χ0) is 13.8. The first-order chi connectivity index (χ1) is 9.15. The maximum atomic E-state index is 5.88. The van der Waals surface area contributed by atoms with Gasteiger partial charge in [-0.15, -0.1) is 11.6 Å². The molecular weight excluding hydrogens is 256 g/mol. The van der Waals surface area contributed by atoms with Gasteiger partial charge in [-0.2, -0.15) is 0 Å². The SMILES string of the molecule is CCc1nc(-c2ccc(C(C)C)cc2)ncc1CCl. The topological polar surface area (TPSA) is 25.8 Å². The van der Waals surface area contributed by atoms with Crippen molar-refractivity contribution in [1.29, 1.82) is 0 Å². The Kier molecular flexibility index (Phi) is 4.54. The van der Waals surface area contributed by atoms with Gasteiger partial charge in [-0.05, 0) is 17.9 Å². The third-order valence-corrected chi connectivity index (χ3v) is 3.56. The van der Waals surface area contributed by atoms with Crippen molar-refractivity contribution in [3.63, 3.8) is 0 Å². The lowest BCUT2D eigenvalue weighted by molar-refractivity contribution is 0.866. The molecule has 2 aromatic rings. The minimum atomic E-state index is 0.468. The average molecular weight is 275 g/mol. The molecule has 2 rings (SSSR count). The molecule has 3 heteroatoms. The Morgan fingerprint density at radius 1 is 1.16 bits per heavy atom. The monoisotopic (exact) mass is 274 g/mol. The summed E-state index contributed by atoms with van der Waals surface area (Å²) >= 11 is 5.88. The molecule has 100 valence electrons. The number of hydrogen-bond acceptors (Lipinski definition) is 2. The zero-order valence-corrected chi connectivity index (χ0v) is 12.4. The maximum Gasteiger partial charge on any atom is 0.159 e. The number of rotatable bonds is 4. The number of aromatic nitrogens is 2. The van der Waals surface area contributed by atoms with E-state index in [2.05, 4.69) is 55.0 Å². The van der Waals surface area contributed by atoms with Crippen LogP contribution in [-0.2, 0) is 12.3 Å². The van der Waals surface area contributed by atoms with Crippen LogP contribution in [0.1, 0.15) is 43.5 Å². The maximum absolute atomic E-state index is 5.88. The molecule has 1 heterocycles. The number of hydrogen-bond donors (Lipinski definition) is 0. The number of aryl methyl sites for hydroxylation is 1. The summed E-state index contributed by atoms with van der Waals surface area (Å²) in [5.74, 6) is 1.79. The fourth-order valence-electron chi connectivity index (χ4n) is 2.02. The molecule has 0 N–H and O–H groups in total. The normalized spacial score (nSPS) is 11.0. The van der Waals surface area contributed by atoms with Gasteiger partial charge in [0.15, 0.2) is 5.82 Å². The van der Waals surface area contributed by atoms with Crippen molar-refractivity contribution in [2.45, 2.75) is 39.0 Å². The van der Waals surface area contributed by atoms with Gasteiger partial charge in [0, 0.05) is 23.0 Å². The minimum absolute atomic E-state index is 0.468. The fraction of sp³-hybridized carbons (Fsp3) is 0.375. The summed E-state index contributed by atoms with van der Waals surface area (Å²) in [4.78, 5) is 9.02. The first-order valence-electron chi connectivity index (χ1n) is 6.66. The Morgan fingerprint density at radius 2 is 1.84 bits per heavy atom. The van der Waals surface area contributed by atoms with Crippen LogP contribution in [0, 0.1) is 0 Å². The summed E-state index contributed by atoms with van der Waals surface area (Å²) in [6.45, 7) is 6.47. The predicted molar refractivity (Wildman–Crippen MR) is 80.5 cm³/mol.